The highest BCUT2D eigenvalue weighted by Gasteiger charge is 2.17. The van der Waals surface area contributed by atoms with Gasteiger partial charge in [-0.3, -0.25) is 19.1 Å². The zero-order valence-corrected chi connectivity index (χ0v) is 21.8. The van der Waals surface area contributed by atoms with Crippen LogP contribution in [0.1, 0.15) is 23.0 Å². The molecule has 5 aromatic rings. The van der Waals surface area contributed by atoms with Crippen molar-refractivity contribution in [2.24, 2.45) is 0 Å². The Morgan fingerprint density at radius 3 is 2.52 bits per heavy atom. The fraction of sp³-hybridized carbons (Fsp3) is 0.138. The number of hydrogen-bond donors (Lipinski definition) is 1. The first kappa shape index (κ1) is 26.3. The fourth-order valence-corrected chi connectivity index (χ4v) is 4.00. The highest BCUT2D eigenvalue weighted by molar-refractivity contribution is 6.04. The molecule has 0 bridgehead atoms. The van der Waals surface area contributed by atoms with E-state index in [1.807, 2.05) is 6.92 Å². The van der Waals surface area contributed by atoms with Gasteiger partial charge in [0.05, 0.1) is 31.6 Å². The summed E-state index contributed by atoms with van der Waals surface area (Å²) >= 11 is 0. The van der Waals surface area contributed by atoms with Crippen LogP contribution in [0.2, 0.25) is 0 Å². The molecule has 0 fully saturated rings. The zero-order chi connectivity index (χ0) is 28.2. The van der Waals surface area contributed by atoms with Gasteiger partial charge in [0, 0.05) is 35.8 Å². The minimum Gasteiger partial charge on any atom is -0.495 e. The van der Waals surface area contributed by atoms with Crippen molar-refractivity contribution < 1.29 is 23.4 Å². The fourth-order valence-electron chi connectivity index (χ4n) is 4.00. The van der Waals surface area contributed by atoms with E-state index in [4.69, 9.17) is 14.2 Å². The predicted molar refractivity (Wildman–Crippen MR) is 146 cm³/mol. The number of methoxy groups -OCH3 is 1. The van der Waals surface area contributed by atoms with Crippen LogP contribution in [-0.4, -0.2) is 39.1 Å². The van der Waals surface area contributed by atoms with Gasteiger partial charge < -0.3 is 19.5 Å². The zero-order valence-electron chi connectivity index (χ0n) is 21.8. The molecule has 0 radical (unpaired) electrons. The number of amides is 1. The van der Waals surface area contributed by atoms with Gasteiger partial charge in [-0.1, -0.05) is 0 Å². The number of halogens is 1. The topological polar surface area (TPSA) is 117 Å². The largest absolute Gasteiger partial charge is 0.495 e. The molecule has 0 atom stereocenters. The minimum atomic E-state index is -0.726. The Labute approximate surface area is 228 Å². The summed E-state index contributed by atoms with van der Waals surface area (Å²) in [6, 6.07) is 13.6. The maximum atomic E-state index is 15.0. The van der Waals surface area contributed by atoms with Crippen molar-refractivity contribution in [2.45, 2.75) is 13.8 Å². The van der Waals surface area contributed by atoms with Gasteiger partial charge in [0.2, 0.25) is 0 Å². The summed E-state index contributed by atoms with van der Waals surface area (Å²) in [5.74, 6) is 0.221. The lowest BCUT2D eigenvalue weighted by molar-refractivity contribution is 0.102. The number of pyridine rings is 4. The molecule has 4 heterocycles. The van der Waals surface area contributed by atoms with E-state index in [2.05, 4.69) is 20.3 Å². The lowest BCUT2D eigenvalue weighted by Crippen LogP contribution is -2.29. The van der Waals surface area contributed by atoms with Crippen molar-refractivity contribution in [1.29, 1.82) is 0 Å². The third-order valence-electron chi connectivity index (χ3n) is 5.94. The first-order valence-corrected chi connectivity index (χ1v) is 12.3. The molecule has 0 aliphatic carbocycles. The predicted octanol–water partition coefficient (Wildman–Crippen LogP) is 5.08. The van der Waals surface area contributed by atoms with E-state index in [0.29, 0.717) is 46.4 Å². The average molecular weight is 542 g/mol. The van der Waals surface area contributed by atoms with Crippen LogP contribution in [0.5, 0.6) is 23.0 Å². The van der Waals surface area contributed by atoms with Crippen LogP contribution < -0.4 is 25.1 Å². The molecular weight excluding hydrogens is 517 g/mol. The molecule has 0 saturated heterocycles. The normalized spacial score (nSPS) is 10.8. The molecule has 0 spiro atoms. The Morgan fingerprint density at radius 2 is 1.80 bits per heavy atom. The minimum absolute atomic E-state index is 0.0811. The van der Waals surface area contributed by atoms with Gasteiger partial charge in [0.15, 0.2) is 17.3 Å². The Kier molecular flexibility index (Phi) is 7.36. The van der Waals surface area contributed by atoms with Crippen molar-refractivity contribution in [3.63, 3.8) is 0 Å². The number of anilines is 1. The third kappa shape index (κ3) is 5.30. The van der Waals surface area contributed by atoms with E-state index in [1.54, 1.807) is 37.3 Å². The van der Waals surface area contributed by atoms with Crippen molar-refractivity contribution in [1.82, 2.24) is 19.5 Å². The van der Waals surface area contributed by atoms with E-state index in [9.17, 15) is 14.0 Å². The van der Waals surface area contributed by atoms with Gasteiger partial charge in [-0.15, -0.1) is 0 Å². The molecule has 40 heavy (non-hydrogen) atoms. The van der Waals surface area contributed by atoms with Crippen LogP contribution in [0, 0.1) is 12.7 Å². The molecule has 0 aliphatic rings. The average Bonchev–Trinajstić information content (AvgIpc) is 2.95. The summed E-state index contributed by atoms with van der Waals surface area (Å²) in [6.07, 6.45) is 4.53. The monoisotopic (exact) mass is 541 g/mol. The molecule has 1 amide bonds. The lowest BCUT2D eigenvalue weighted by atomic mass is 10.2. The first-order valence-electron chi connectivity index (χ1n) is 12.3. The molecule has 11 heteroatoms. The number of rotatable bonds is 8. The molecule has 202 valence electrons. The standard InChI is InChI=1S/C29H24FN5O5/c1-4-39-19-7-10-26(32-15-19)35-17(2)5-8-21(29(35)37)28(36)34-18-6-9-24(22(30)13-18)40-25-11-12-31-23-14-20(38-3)16-33-27(23)25/h5-16H,4H2,1-3H3,(H,34,36). The number of aryl methyl sites for hydroxylation is 1. The summed E-state index contributed by atoms with van der Waals surface area (Å²) in [7, 11) is 1.52. The number of aromatic nitrogens is 4. The second-order valence-corrected chi connectivity index (χ2v) is 8.57. The van der Waals surface area contributed by atoms with Crippen LogP contribution in [0.3, 0.4) is 0 Å². The molecule has 1 aromatic carbocycles. The van der Waals surface area contributed by atoms with E-state index in [1.165, 1.54) is 48.5 Å². The van der Waals surface area contributed by atoms with E-state index in [-0.39, 0.29) is 17.0 Å². The van der Waals surface area contributed by atoms with Crippen molar-refractivity contribution in [3.05, 3.63) is 101 Å². The highest BCUT2D eigenvalue weighted by atomic mass is 19.1. The van der Waals surface area contributed by atoms with Gasteiger partial charge in [-0.05, 0) is 50.2 Å². The Balaban J connectivity index is 1.36. The van der Waals surface area contributed by atoms with Gasteiger partial charge in [0.25, 0.3) is 11.5 Å². The third-order valence-corrected chi connectivity index (χ3v) is 5.94. The summed E-state index contributed by atoms with van der Waals surface area (Å²) in [5, 5.41) is 2.57. The van der Waals surface area contributed by atoms with Crippen molar-refractivity contribution in [2.75, 3.05) is 19.0 Å². The number of nitrogens with zero attached hydrogens (tertiary/aromatic N) is 4. The number of fused-ring (bicyclic) bond motifs is 1. The number of hydrogen-bond acceptors (Lipinski definition) is 8. The van der Waals surface area contributed by atoms with Crippen LogP contribution >= 0.6 is 0 Å². The number of carbonyl (C=O) groups is 1. The first-order chi connectivity index (χ1) is 19.4. The second-order valence-electron chi connectivity index (χ2n) is 8.57. The van der Waals surface area contributed by atoms with E-state index < -0.39 is 17.3 Å². The Bertz CT molecular complexity index is 1770. The van der Waals surface area contributed by atoms with Gasteiger partial charge >= 0.3 is 0 Å². The lowest BCUT2D eigenvalue weighted by Gasteiger charge is -2.13. The number of ether oxygens (including phenoxy) is 3. The van der Waals surface area contributed by atoms with Crippen molar-refractivity contribution >= 4 is 22.6 Å². The highest BCUT2D eigenvalue weighted by Crippen LogP contribution is 2.31. The SMILES string of the molecule is CCOc1ccc(-n2c(C)ccc(C(=O)Nc3ccc(Oc4ccnc5cc(OC)cnc45)c(F)c3)c2=O)nc1. The van der Waals surface area contributed by atoms with Crippen LogP contribution in [0.25, 0.3) is 16.9 Å². The summed E-state index contributed by atoms with van der Waals surface area (Å²) in [5.41, 5.74) is 0.975. The maximum Gasteiger partial charge on any atom is 0.269 e. The summed E-state index contributed by atoms with van der Waals surface area (Å²) < 4.78 is 32.6. The summed E-state index contributed by atoms with van der Waals surface area (Å²) in [6.45, 7) is 4.07. The second kappa shape index (κ2) is 11.2. The number of benzene rings is 1. The maximum absolute atomic E-state index is 15.0. The van der Waals surface area contributed by atoms with Crippen LogP contribution in [-0.2, 0) is 0 Å². The van der Waals surface area contributed by atoms with E-state index in [0.717, 1.165) is 6.07 Å². The molecule has 0 aliphatic heterocycles. The molecular formula is C29H24FN5O5. The molecule has 10 nitrogen and oxygen atoms in total. The molecule has 0 saturated carbocycles. The molecule has 1 N–H and O–H groups in total. The number of carbonyl (C=O) groups excluding carboxylic acids is 1. The summed E-state index contributed by atoms with van der Waals surface area (Å²) in [4.78, 5) is 39.0. The van der Waals surface area contributed by atoms with Gasteiger partial charge in [-0.25, -0.2) is 14.4 Å². The smallest absolute Gasteiger partial charge is 0.269 e. The molecule has 5 rings (SSSR count). The number of nitrogens with one attached hydrogen (secondary N) is 1. The molecule has 0 unspecified atom stereocenters. The quantitative estimate of drug-likeness (QED) is 0.289. The van der Waals surface area contributed by atoms with Gasteiger partial charge in [-0.2, -0.15) is 0 Å². The Hall–Kier alpha value is -5.32. The van der Waals surface area contributed by atoms with Gasteiger partial charge in [0.1, 0.15) is 28.4 Å². The Morgan fingerprint density at radius 1 is 0.975 bits per heavy atom. The molecule has 4 aromatic heterocycles. The van der Waals surface area contributed by atoms with E-state index >= 15 is 0 Å². The van der Waals surface area contributed by atoms with Crippen LogP contribution in [0.15, 0.2) is 78.0 Å². The van der Waals surface area contributed by atoms with Crippen molar-refractivity contribution in [3.8, 4) is 28.8 Å². The van der Waals surface area contributed by atoms with Crippen LogP contribution in [0.4, 0.5) is 10.1 Å².